The highest BCUT2D eigenvalue weighted by atomic mass is 16.8. The zero-order valence-corrected chi connectivity index (χ0v) is 50.4. The molecule has 16 atom stereocenters. The van der Waals surface area contributed by atoms with Crippen LogP contribution in [0, 0.1) is 5.21 Å². The van der Waals surface area contributed by atoms with Crippen LogP contribution in [0.3, 0.4) is 0 Å². The van der Waals surface area contributed by atoms with E-state index in [1.807, 2.05) is 219 Å². The summed E-state index contributed by atoms with van der Waals surface area (Å²) in [6.07, 6.45) is -16.2. The monoisotopic (exact) mass is 1240 g/mol. The third-order valence-corrected chi connectivity index (χ3v) is 16.4. The number of hydrogen-bond donors (Lipinski definition) is 2. The molecule has 0 radical (unpaired) electrons. The number of ether oxygens (including phenoxy) is 14. The van der Waals surface area contributed by atoms with Crippen LogP contribution in [0.1, 0.15) is 52.2 Å². The number of anilines is 1. The van der Waals surface area contributed by atoms with E-state index in [1.165, 1.54) is 12.1 Å². The zero-order chi connectivity index (χ0) is 62.1. The van der Waals surface area contributed by atoms with Gasteiger partial charge in [-0.15, -0.1) is 0 Å². The van der Waals surface area contributed by atoms with Crippen molar-refractivity contribution in [2.24, 2.45) is 0 Å². The molecule has 0 bridgehead atoms. The van der Waals surface area contributed by atoms with E-state index in [0.717, 1.165) is 38.9 Å². The normalized spacial score (nSPS) is 28.0. The number of rotatable bonds is 28. The summed E-state index contributed by atoms with van der Waals surface area (Å²) < 4.78 is 98.5. The molecule has 4 heterocycles. The van der Waals surface area contributed by atoms with Crippen molar-refractivity contribution in [2.45, 2.75) is 145 Å². The second kappa shape index (κ2) is 31.8. The lowest BCUT2D eigenvalue weighted by Gasteiger charge is -2.51. The van der Waals surface area contributed by atoms with E-state index in [2.05, 4.69) is 0 Å². The zero-order valence-electron chi connectivity index (χ0n) is 50.4. The molecule has 8 aromatic rings. The van der Waals surface area contributed by atoms with Crippen LogP contribution in [0.2, 0.25) is 0 Å². The van der Waals surface area contributed by atoms with Gasteiger partial charge in [-0.1, -0.05) is 212 Å². The second-order valence-electron chi connectivity index (χ2n) is 22.8. The fraction of sp³-hybridized carbons (Fsp3) is 0.342. The standard InChI is InChI=1S/C73H76NO17/c1-49-61(66-69(90-70(89-66)56-35-21-8-22-36-56)72(84-49)85-58-39-37-57(38-40-58)74(76)77)88-73-68(65(82-46-54-31-17-6-18-32-54)62(59(41-75)86-73)79-43-51-25-11-3-12-26-51)91-71-67(83-47-55-33-19-7-20-34-55)64(81-45-53-29-15-5-16-30-53)63(80-44-52-27-13-4-14-28-52)60(87-71)48-78-42-50-23-9-2-10-24-50/h2-40,49,59-73,75-76H,41-48H2,1H3/q-1. The van der Waals surface area contributed by atoms with Gasteiger partial charge in [-0.05, 0) is 64.6 Å². The summed E-state index contributed by atoms with van der Waals surface area (Å²) in [6.45, 7) is 2.35. The first-order valence-electron chi connectivity index (χ1n) is 30.9. The lowest BCUT2D eigenvalue weighted by molar-refractivity contribution is -0.394. The molecule has 12 rings (SSSR count). The van der Waals surface area contributed by atoms with Crippen LogP contribution in [-0.4, -0.2) is 116 Å². The maximum absolute atomic E-state index is 11.8. The van der Waals surface area contributed by atoms with Crippen molar-refractivity contribution in [1.82, 2.24) is 0 Å². The predicted octanol–water partition coefficient (Wildman–Crippen LogP) is 11.3. The van der Waals surface area contributed by atoms with Gasteiger partial charge in [0.15, 0.2) is 25.0 Å². The second-order valence-corrected chi connectivity index (χ2v) is 22.8. The Morgan fingerprint density at radius 1 is 0.385 bits per heavy atom. The Labute approximate surface area is 530 Å². The smallest absolute Gasteiger partial charge is 0.229 e. The summed E-state index contributed by atoms with van der Waals surface area (Å²) in [5, 5.41) is 32.7. The Morgan fingerprint density at radius 3 is 1.24 bits per heavy atom. The Kier molecular flexibility index (Phi) is 22.3. The fourth-order valence-electron chi connectivity index (χ4n) is 11.8. The summed E-state index contributed by atoms with van der Waals surface area (Å²) >= 11 is 0. The average molecular weight is 1240 g/mol. The fourth-order valence-corrected chi connectivity index (χ4v) is 11.8. The Balaban J connectivity index is 0.950. The molecule has 16 unspecified atom stereocenters. The summed E-state index contributed by atoms with van der Waals surface area (Å²) in [5.74, 6) is 0.335. The van der Waals surface area contributed by atoms with Gasteiger partial charge in [0.25, 0.3) is 0 Å². The van der Waals surface area contributed by atoms with Crippen molar-refractivity contribution in [1.29, 1.82) is 0 Å². The SMILES string of the molecule is CC1OC(Oc2ccc(N([O-])O)cc2)C2OC(c3ccccc3)OC2C1OC1OC(CO)C(OCc2ccccc2)C(OCc2ccccc2)C1OC1OC(COCc2ccccc2)C(OCc2ccccc2)C(OCc2ccccc2)C1OCc1ccccc1. The first-order chi connectivity index (χ1) is 44.8. The van der Waals surface area contributed by atoms with Gasteiger partial charge in [0.05, 0.1) is 64.6 Å². The van der Waals surface area contributed by atoms with Gasteiger partial charge in [-0.25, -0.2) is 0 Å². The van der Waals surface area contributed by atoms with Gasteiger partial charge < -0.3 is 81.9 Å². The van der Waals surface area contributed by atoms with Crippen molar-refractivity contribution in [2.75, 3.05) is 18.4 Å². The van der Waals surface area contributed by atoms with Gasteiger partial charge in [0.1, 0.15) is 66.8 Å². The average Bonchev–Trinajstić information content (AvgIpc) is 1.79. The molecule has 0 spiro atoms. The minimum Gasteiger partial charge on any atom is -0.733 e. The minimum absolute atomic E-state index is 0.0106. The van der Waals surface area contributed by atoms with Gasteiger partial charge in [0.2, 0.25) is 6.29 Å². The number of nitrogens with zero attached hydrogens (tertiary/aromatic N) is 1. The molecule has 91 heavy (non-hydrogen) atoms. The Morgan fingerprint density at radius 2 is 0.769 bits per heavy atom. The number of aliphatic hydroxyl groups is 1. The van der Waals surface area contributed by atoms with Gasteiger partial charge in [-0.3, -0.25) is 5.21 Å². The van der Waals surface area contributed by atoms with Gasteiger partial charge >= 0.3 is 0 Å². The van der Waals surface area contributed by atoms with Crippen LogP contribution in [-0.2, 0) is 101 Å². The van der Waals surface area contributed by atoms with E-state index in [-0.39, 0.29) is 57.2 Å². The lowest BCUT2D eigenvalue weighted by atomic mass is 9.95. The molecule has 8 aromatic carbocycles. The van der Waals surface area contributed by atoms with Gasteiger partial charge in [-0.2, -0.15) is 0 Å². The largest absolute Gasteiger partial charge is 0.733 e. The number of benzene rings is 8. The number of aliphatic hydroxyl groups excluding tert-OH is 1. The van der Waals surface area contributed by atoms with Gasteiger partial charge in [0, 0.05) is 5.56 Å². The highest BCUT2D eigenvalue weighted by molar-refractivity contribution is 5.47. The van der Waals surface area contributed by atoms with E-state index >= 15 is 0 Å². The summed E-state index contributed by atoms with van der Waals surface area (Å²) in [7, 11) is 0. The summed E-state index contributed by atoms with van der Waals surface area (Å²) in [4.78, 5) is 0. The molecular formula is C73H76NO17-. The van der Waals surface area contributed by atoms with Crippen molar-refractivity contribution in [3.05, 3.63) is 281 Å². The maximum Gasteiger partial charge on any atom is 0.229 e. The molecule has 2 N–H and O–H groups in total. The number of fused-ring (bicyclic) bond motifs is 1. The highest BCUT2D eigenvalue weighted by Crippen LogP contribution is 2.44. The van der Waals surface area contributed by atoms with Crippen molar-refractivity contribution < 1.29 is 76.6 Å². The maximum atomic E-state index is 11.8. The van der Waals surface area contributed by atoms with E-state index < -0.39 is 105 Å². The third-order valence-electron chi connectivity index (χ3n) is 16.4. The van der Waals surface area contributed by atoms with Crippen LogP contribution in [0.25, 0.3) is 0 Å². The van der Waals surface area contributed by atoms with E-state index in [0.29, 0.717) is 5.75 Å². The summed E-state index contributed by atoms with van der Waals surface area (Å²) in [6, 6.07) is 74.5. The van der Waals surface area contributed by atoms with Crippen LogP contribution in [0.15, 0.2) is 237 Å². The Hall–Kier alpha value is -7.28. The van der Waals surface area contributed by atoms with Crippen LogP contribution in [0.4, 0.5) is 5.69 Å². The molecule has 0 amide bonds. The first kappa shape index (κ1) is 63.9. The molecule has 4 saturated heterocycles. The molecule has 0 saturated carbocycles. The topological polar surface area (TPSA) is 196 Å². The molecule has 0 aliphatic carbocycles. The van der Waals surface area contributed by atoms with Crippen molar-refractivity contribution >= 4 is 5.69 Å². The molecular weight excluding hydrogens is 1160 g/mol. The molecule has 18 heteroatoms. The van der Waals surface area contributed by atoms with E-state index in [9.17, 15) is 15.5 Å². The van der Waals surface area contributed by atoms with Crippen molar-refractivity contribution in [3.63, 3.8) is 0 Å². The third kappa shape index (κ3) is 16.7. The molecule has 4 aliphatic rings. The van der Waals surface area contributed by atoms with E-state index in [4.69, 9.17) is 66.3 Å². The van der Waals surface area contributed by atoms with Crippen LogP contribution >= 0.6 is 0 Å². The minimum atomic E-state index is -1.40. The lowest BCUT2D eigenvalue weighted by Crippen LogP contribution is -2.67. The highest BCUT2D eigenvalue weighted by Gasteiger charge is 2.59. The van der Waals surface area contributed by atoms with Crippen LogP contribution < -0.4 is 9.96 Å². The molecule has 4 aliphatic heterocycles. The summed E-state index contributed by atoms with van der Waals surface area (Å²) in [5.41, 5.74) is 6.19. The van der Waals surface area contributed by atoms with Crippen LogP contribution in [0.5, 0.6) is 5.75 Å². The molecule has 18 nitrogen and oxygen atoms in total. The molecule has 0 aromatic heterocycles. The molecule has 476 valence electrons. The Bertz CT molecular complexity index is 3370. The quantitative estimate of drug-likeness (QED) is 0.0439. The number of hydrogen-bond acceptors (Lipinski definition) is 18. The van der Waals surface area contributed by atoms with E-state index in [1.54, 1.807) is 12.1 Å². The first-order valence-corrected chi connectivity index (χ1v) is 30.9. The molecule has 4 fully saturated rings. The van der Waals surface area contributed by atoms with Crippen molar-refractivity contribution in [3.8, 4) is 5.75 Å². The predicted molar refractivity (Wildman–Crippen MR) is 333 cm³/mol.